The lowest BCUT2D eigenvalue weighted by molar-refractivity contribution is -0.133. The quantitative estimate of drug-likeness (QED) is 0.803. The summed E-state index contributed by atoms with van der Waals surface area (Å²) in [4.78, 5) is 14.6. The molecule has 1 N–H and O–H groups in total. The number of halogens is 1. The number of nitrogens with zero attached hydrogens (tertiary/aromatic N) is 1. The van der Waals surface area contributed by atoms with E-state index in [0.29, 0.717) is 23.8 Å². The second-order valence-corrected chi connectivity index (χ2v) is 6.94. The van der Waals surface area contributed by atoms with E-state index < -0.39 is 0 Å². The third kappa shape index (κ3) is 5.78. The van der Waals surface area contributed by atoms with E-state index in [9.17, 15) is 4.79 Å². The fourth-order valence-electron chi connectivity index (χ4n) is 3.80. The molecule has 1 aliphatic heterocycles. The van der Waals surface area contributed by atoms with Crippen molar-refractivity contribution >= 4 is 18.3 Å². The Morgan fingerprint density at radius 1 is 1.14 bits per heavy atom. The van der Waals surface area contributed by atoms with Crippen LogP contribution in [0.2, 0.25) is 0 Å². The Morgan fingerprint density at radius 2 is 1.81 bits per heavy atom. The predicted octanol–water partition coefficient (Wildman–Crippen LogP) is 3.62. The Morgan fingerprint density at radius 3 is 2.38 bits per heavy atom. The lowest BCUT2D eigenvalue weighted by Crippen LogP contribution is -2.39. The molecule has 1 heterocycles. The van der Waals surface area contributed by atoms with E-state index in [1.54, 1.807) is 0 Å². The van der Waals surface area contributed by atoms with Crippen molar-refractivity contribution in [2.75, 3.05) is 20.1 Å². The fourth-order valence-corrected chi connectivity index (χ4v) is 3.80. The fraction of sp³-hybridized carbons (Fsp3) is 0.941. The molecule has 0 bridgehead atoms. The summed E-state index contributed by atoms with van der Waals surface area (Å²) >= 11 is 0. The van der Waals surface area contributed by atoms with Gasteiger partial charge >= 0.3 is 0 Å². The van der Waals surface area contributed by atoms with E-state index in [1.165, 1.54) is 51.4 Å². The number of amides is 1. The first-order chi connectivity index (χ1) is 9.68. The van der Waals surface area contributed by atoms with E-state index >= 15 is 0 Å². The molecular formula is C17H33ClN2O. The van der Waals surface area contributed by atoms with E-state index in [-0.39, 0.29) is 12.4 Å². The van der Waals surface area contributed by atoms with Gasteiger partial charge in [-0.15, -0.1) is 12.4 Å². The van der Waals surface area contributed by atoms with Gasteiger partial charge in [-0.3, -0.25) is 4.79 Å². The molecule has 0 spiro atoms. The first-order valence-electron chi connectivity index (χ1n) is 8.65. The van der Waals surface area contributed by atoms with Gasteiger partial charge in [0.1, 0.15) is 0 Å². The van der Waals surface area contributed by atoms with Gasteiger partial charge < -0.3 is 10.2 Å². The van der Waals surface area contributed by atoms with Crippen LogP contribution in [0, 0.1) is 11.8 Å². The molecule has 3 nitrogen and oxygen atoms in total. The monoisotopic (exact) mass is 316 g/mol. The summed E-state index contributed by atoms with van der Waals surface area (Å²) in [6.45, 7) is 4.51. The molecule has 2 aliphatic rings. The zero-order valence-electron chi connectivity index (χ0n) is 13.8. The number of carbonyl (C=O) groups is 1. The highest BCUT2D eigenvalue weighted by Crippen LogP contribution is 2.25. The zero-order chi connectivity index (χ0) is 14.4. The van der Waals surface area contributed by atoms with Crippen LogP contribution in [-0.2, 0) is 4.79 Å². The Balaban J connectivity index is 0.00000220. The number of rotatable bonds is 4. The molecule has 0 aromatic rings. The van der Waals surface area contributed by atoms with Crippen molar-refractivity contribution in [1.29, 1.82) is 0 Å². The average Bonchev–Trinajstić information content (AvgIpc) is 2.76. The highest BCUT2D eigenvalue weighted by Gasteiger charge is 2.26. The minimum atomic E-state index is 0. The zero-order valence-corrected chi connectivity index (χ0v) is 14.6. The van der Waals surface area contributed by atoms with Crippen LogP contribution in [0.4, 0.5) is 0 Å². The van der Waals surface area contributed by atoms with Crippen LogP contribution < -0.4 is 5.32 Å². The van der Waals surface area contributed by atoms with Crippen LogP contribution in [0.15, 0.2) is 0 Å². The highest BCUT2D eigenvalue weighted by molar-refractivity contribution is 5.85. The maximum atomic E-state index is 12.5. The normalized spacial score (nSPS) is 25.5. The van der Waals surface area contributed by atoms with Gasteiger partial charge in [-0.25, -0.2) is 0 Å². The second kappa shape index (κ2) is 9.68. The Labute approximate surface area is 136 Å². The van der Waals surface area contributed by atoms with Crippen LogP contribution in [-0.4, -0.2) is 37.0 Å². The van der Waals surface area contributed by atoms with Crippen LogP contribution in [0.3, 0.4) is 0 Å². The molecule has 21 heavy (non-hydrogen) atoms. The molecule has 124 valence electrons. The molecule has 2 unspecified atom stereocenters. The maximum Gasteiger partial charge on any atom is 0.222 e. The van der Waals surface area contributed by atoms with Gasteiger partial charge in [0, 0.05) is 19.5 Å². The van der Waals surface area contributed by atoms with Gasteiger partial charge in [0.05, 0.1) is 0 Å². The molecule has 1 saturated heterocycles. The number of piperidine rings is 1. The number of carbonyl (C=O) groups excluding carboxylic acids is 1. The smallest absolute Gasteiger partial charge is 0.222 e. The van der Waals surface area contributed by atoms with Gasteiger partial charge in [0.15, 0.2) is 0 Å². The molecule has 0 aromatic heterocycles. The topological polar surface area (TPSA) is 32.3 Å². The molecule has 4 heteroatoms. The summed E-state index contributed by atoms with van der Waals surface area (Å²) in [5, 5.41) is 3.46. The Kier molecular flexibility index (Phi) is 8.65. The van der Waals surface area contributed by atoms with Crippen LogP contribution in [0.5, 0.6) is 0 Å². The largest absolute Gasteiger partial charge is 0.343 e. The van der Waals surface area contributed by atoms with Crippen molar-refractivity contribution < 1.29 is 4.79 Å². The number of hydrogen-bond acceptors (Lipinski definition) is 2. The van der Waals surface area contributed by atoms with Gasteiger partial charge in [0.2, 0.25) is 5.91 Å². The molecular weight excluding hydrogens is 284 g/mol. The van der Waals surface area contributed by atoms with Crippen molar-refractivity contribution in [3.8, 4) is 0 Å². The first-order valence-corrected chi connectivity index (χ1v) is 8.65. The van der Waals surface area contributed by atoms with Crippen molar-refractivity contribution in [1.82, 2.24) is 10.2 Å². The molecule has 2 atom stereocenters. The molecule has 1 amide bonds. The minimum Gasteiger partial charge on any atom is -0.343 e. The van der Waals surface area contributed by atoms with Crippen LogP contribution in [0.1, 0.15) is 64.7 Å². The molecule has 0 radical (unpaired) electrons. The summed E-state index contributed by atoms with van der Waals surface area (Å²) in [7, 11) is 2.03. The first kappa shape index (κ1) is 18.8. The Hall–Kier alpha value is -0.280. The van der Waals surface area contributed by atoms with Crippen LogP contribution in [0.25, 0.3) is 0 Å². The summed E-state index contributed by atoms with van der Waals surface area (Å²) in [6, 6.07) is 0.502. The van der Waals surface area contributed by atoms with E-state index in [4.69, 9.17) is 0 Å². The lowest BCUT2D eigenvalue weighted by Gasteiger charge is -2.32. The molecule has 2 rings (SSSR count). The molecule has 1 saturated carbocycles. The van der Waals surface area contributed by atoms with Gasteiger partial charge in [-0.05, 0) is 50.6 Å². The average molecular weight is 317 g/mol. The summed E-state index contributed by atoms with van der Waals surface area (Å²) < 4.78 is 0. The van der Waals surface area contributed by atoms with Gasteiger partial charge in [0.25, 0.3) is 0 Å². The Bertz CT molecular complexity index is 297. The van der Waals surface area contributed by atoms with Gasteiger partial charge in [-0.1, -0.05) is 32.6 Å². The van der Waals surface area contributed by atoms with E-state index in [0.717, 1.165) is 19.5 Å². The predicted molar refractivity (Wildman–Crippen MR) is 90.9 cm³/mol. The van der Waals surface area contributed by atoms with E-state index in [2.05, 4.69) is 17.1 Å². The van der Waals surface area contributed by atoms with Gasteiger partial charge in [-0.2, -0.15) is 0 Å². The SMILES string of the molecule is CC(CC(=O)N(C)C1CCCCCC1)C1CCCNC1.Cl. The third-order valence-electron chi connectivity index (χ3n) is 5.40. The van der Waals surface area contributed by atoms with Crippen molar-refractivity contribution in [2.24, 2.45) is 11.8 Å². The van der Waals surface area contributed by atoms with Crippen molar-refractivity contribution in [3.05, 3.63) is 0 Å². The molecule has 1 aliphatic carbocycles. The minimum absolute atomic E-state index is 0. The van der Waals surface area contributed by atoms with Crippen LogP contribution >= 0.6 is 12.4 Å². The number of nitrogens with one attached hydrogen (secondary N) is 1. The summed E-state index contributed by atoms with van der Waals surface area (Å²) in [6.07, 6.45) is 11.0. The van der Waals surface area contributed by atoms with Crippen molar-refractivity contribution in [3.63, 3.8) is 0 Å². The number of hydrogen-bond donors (Lipinski definition) is 1. The lowest BCUT2D eigenvalue weighted by atomic mass is 9.85. The summed E-state index contributed by atoms with van der Waals surface area (Å²) in [5.74, 6) is 1.58. The highest BCUT2D eigenvalue weighted by atomic mass is 35.5. The summed E-state index contributed by atoms with van der Waals surface area (Å²) in [5.41, 5.74) is 0. The maximum absolute atomic E-state index is 12.5. The van der Waals surface area contributed by atoms with E-state index in [1.807, 2.05) is 7.05 Å². The third-order valence-corrected chi connectivity index (χ3v) is 5.40. The second-order valence-electron chi connectivity index (χ2n) is 6.94. The molecule has 0 aromatic carbocycles. The van der Waals surface area contributed by atoms with Crippen molar-refractivity contribution in [2.45, 2.75) is 70.8 Å². The standard InChI is InChI=1S/C17H32N2O.ClH/c1-14(15-8-7-11-18-13-15)12-17(20)19(2)16-9-5-3-4-6-10-16;/h14-16,18H,3-13H2,1-2H3;1H. The molecule has 2 fully saturated rings.